The Bertz CT molecular complexity index is 525. The van der Waals surface area contributed by atoms with Crippen LogP contribution in [0.3, 0.4) is 0 Å². The van der Waals surface area contributed by atoms with Crippen LogP contribution in [0.1, 0.15) is 32.6 Å². The van der Waals surface area contributed by atoms with Gasteiger partial charge in [0.15, 0.2) is 0 Å². The van der Waals surface area contributed by atoms with Gasteiger partial charge < -0.3 is 9.84 Å². The zero-order valence-electron chi connectivity index (χ0n) is 13.6. The molecule has 9 heteroatoms. The SMILES string of the molecule is C=C(C)C(=O)OCC1CC2CC(CC(O)(C(F)(F)F)C(F)(F)F)C1C2. The first-order valence-electron chi connectivity index (χ1n) is 7.94. The number of ether oxygens (including phenoxy) is 1. The molecule has 2 saturated carbocycles. The van der Waals surface area contributed by atoms with Gasteiger partial charge in [-0.1, -0.05) is 6.58 Å². The van der Waals surface area contributed by atoms with E-state index >= 15 is 0 Å². The highest BCUT2D eigenvalue weighted by Crippen LogP contribution is 2.57. The fraction of sp³-hybridized carbons (Fsp3) is 0.812. The van der Waals surface area contributed by atoms with E-state index in [2.05, 4.69) is 6.58 Å². The zero-order valence-corrected chi connectivity index (χ0v) is 13.6. The number of carbonyl (C=O) groups is 1. The van der Waals surface area contributed by atoms with E-state index in [1.165, 1.54) is 6.92 Å². The number of esters is 1. The van der Waals surface area contributed by atoms with Crippen molar-refractivity contribution in [1.29, 1.82) is 0 Å². The van der Waals surface area contributed by atoms with Gasteiger partial charge in [0, 0.05) is 5.57 Å². The molecule has 144 valence electrons. The minimum Gasteiger partial charge on any atom is -0.462 e. The summed E-state index contributed by atoms with van der Waals surface area (Å²) in [5.74, 6) is -2.28. The van der Waals surface area contributed by atoms with E-state index in [0.29, 0.717) is 12.8 Å². The Labute approximate surface area is 141 Å². The molecule has 2 bridgehead atoms. The van der Waals surface area contributed by atoms with E-state index in [4.69, 9.17) is 4.74 Å². The molecule has 0 radical (unpaired) electrons. The van der Waals surface area contributed by atoms with E-state index in [9.17, 15) is 36.2 Å². The number of hydrogen-bond donors (Lipinski definition) is 1. The molecule has 2 rings (SSSR count). The van der Waals surface area contributed by atoms with Crippen LogP contribution in [0, 0.1) is 23.7 Å². The summed E-state index contributed by atoms with van der Waals surface area (Å²) in [7, 11) is 0. The Morgan fingerprint density at radius 1 is 1.08 bits per heavy atom. The van der Waals surface area contributed by atoms with E-state index in [-0.39, 0.29) is 30.4 Å². The van der Waals surface area contributed by atoms with Gasteiger partial charge in [-0.05, 0) is 56.3 Å². The Morgan fingerprint density at radius 3 is 2.04 bits per heavy atom. The molecule has 0 heterocycles. The molecule has 25 heavy (non-hydrogen) atoms. The topological polar surface area (TPSA) is 46.5 Å². The van der Waals surface area contributed by atoms with E-state index in [0.717, 1.165) is 0 Å². The third-order valence-electron chi connectivity index (χ3n) is 5.36. The summed E-state index contributed by atoms with van der Waals surface area (Å²) in [6.07, 6.45) is -11.7. The summed E-state index contributed by atoms with van der Waals surface area (Å²) in [6, 6.07) is 0. The van der Waals surface area contributed by atoms with Gasteiger partial charge in [0.1, 0.15) is 0 Å². The molecule has 4 unspecified atom stereocenters. The molecule has 2 fully saturated rings. The van der Waals surface area contributed by atoms with Gasteiger partial charge in [-0.3, -0.25) is 0 Å². The molecule has 2 aliphatic rings. The minimum absolute atomic E-state index is 0.00533. The fourth-order valence-corrected chi connectivity index (χ4v) is 4.15. The summed E-state index contributed by atoms with van der Waals surface area (Å²) in [5, 5.41) is 9.40. The molecule has 3 nitrogen and oxygen atoms in total. The first-order chi connectivity index (χ1) is 11.3. The molecular formula is C16H20F6O3. The van der Waals surface area contributed by atoms with E-state index < -0.39 is 42.2 Å². The Kier molecular flexibility index (Phi) is 5.20. The first-order valence-corrected chi connectivity index (χ1v) is 7.94. The second kappa shape index (κ2) is 6.48. The van der Waals surface area contributed by atoms with Gasteiger partial charge in [0.05, 0.1) is 6.61 Å². The van der Waals surface area contributed by atoms with Crippen LogP contribution in [-0.4, -0.2) is 35.6 Å². The van der Waals surface area contributed by atoms with Crippen LogP contribution < -0.4 is 0 Å². The summed E-state index contributed by atoms with van der Waals surface area (Å²) in [4.78, 5) is 11.4. The summed E-state index contributed by atoms with van der Waals surface area (Å²) >= 11 is 0. The van der Waals surface area contributed by atoms with Crippen LogP contribution in [-0.2, 0) is 9.53 Å². The number of fused-ring (bicyclic) bond motifs is 2. The van der Waals surface area contributed by atoms with Crippen LogP contribution in [0.4, 0.5) is 26.3 Å². The molecule has 0 amide bonds. The summed E-state index contributed by atoms with van der Waals surface area (Å²) in [5.41, 5.74) is -4.54. The van der Waals surface area contributed by atoms with Crippen molar-refractivity contribution in [1.82, 2.24) is 0 Å². The normalized spacial score (nSPS) is 29.8. The first kappa shape index (κ1) is 20.1. The maximum absolute atomic E-state index is 12.9. The highest BCUT2D eigenvalue weighted by Gasteiger charge is 2.71. The predicted molar refractivity (Wildman–Crippen MR) is 75.3 cm³/mol. The number of halogens is 6. The van der Waals surface area contributed by atoms with Gasteiger partial charge in [-0.15, -0.1) is 0 Å². The summed E-state index contributed by atoms with van der Waals surface area (Å²) < 4.78 is 82.3. The van der Waals surface area contributed by atoms with Crippen molar-refractivity contribution >= 4 is 5.97 Å². The van der Waals surface area contributed by atoms with E-state index in [1.807, 2.05) is 0 Å². The highest BCUT2D eigenvalue weighted by molar-refractivity contribution is 5.86. The van der Waals surface area contributed by atoms with Crippen LogP contribution in [0.25, 0.3) is 0 Å². The number of carbonyl (C=O) groups excluding carboxylic acids is 1. The van der Waals surface area contributed by atoms with Gasteiger partial charge in [-0.2, -0.15) is 26.3 Å². The van der Waals surface area contributed by atoms with E-state index in [1.54, 1.807) is 0 Å². The monoisotopic (exact) mass is 374 g/mol. The Morgan fingerprint density at radius 2 is 1.60 bits per heavy atom. The predicted octanol–water partition coefficient (Wildman–Crippen LogP) is 4.01. The Balaban J connectivity index is 2.08. The average Bonchev–Trinajstić information content (AvgIpc) is 3.01. The lowest BCUT2D eigenvalue weighted by atomic mass is 9.75. The van der Waals surface area contributed by atoms with Crippen LogP contribution in [0.5, 0.6) is 0 Å². The van der Waals surface area contributed by atoms with Crippen LogP contribution in [0.2, 0.25) is 0 Å². The number of rotatable bonds is 5. The molecule has 0 aromatic heterocycles. The molecule has 0 aromatic carbocycles. The molecular weight excluding hydrogens is 354 g/mol. The standard InChI is InChI=1S/C16H20F6O3/c1-8(2)13(23)25-7-11-4-9-3-10(12(11)5-9)6-14(24,15(17,18)19)16(20,21)22/h9-12,24H,1,3-7H2,2H3. The third-order valence-corrected chi connectivity index (χ3v) is 5.36. The van der Waals surface area contributed by atoms with Crippen molar-refractivity contribution in [3.63, 3.8) is 0 Å². The van der Waals surface area contributed by atoms with Crippen molar-refractivity contribution < 1.29 is 41.0 Å². The van der Waals surface area contributed by atoms with Gasteiger partial charge in [0.25, 0.3) is 5.60 Å². The second-order valence-electron chi connectivity index (χ2n) is 7.20. The second-order valence-corrected chi connectivity index (χ2v) is 7.20. The smallest absolute Gasteiger partial charge is 0.426 e. The van der Waals surface area contributed by atoms with Crippen molar-refractivity contribution in [3.8, 4) is 0 Å². The average molecular weight is 374 g/mol. The molecule has 4 atom stereocenters. The minimum atomic E-state index is -5.80. The zero-order chi connectivity index (χ0) is 19.2. The third kappa shape index (κ3) is 3.80. The van der Waals surface area contributed by atoms with Gasteiger partial charge in [-0.25, -0.2) is 4.79 Å². The van der Waals surface area contributed by atoms with Crippen molar-refractivity contribution in [3.05, 3.63) is 12.2 Å². The lowest BCUT2D eigenvalue weighted by molar-refractivity contribution is -0.373. The molecule has 0 aliphatic heterocycles. The maximum Gasteiger partial charge on any atom is 0.426 e. The number of hydrogen-bond acceptors (Lipinski definition) is 3. The molecule has 0 saturated heterocycles. The van der Waals surface area contributed by atoms with Crippen molar-refractivity contribution in [2.75, 3.05) is 6.61 Å². The van der Waals surface area contributed by atoms with Crippen LogP contribution in [0.15, 0.2) is 12.2 Å². The molecule has 1 N–H and O–H groups in total. The lowest BCUT2D eigenvalue weighted by Crippen LogP contribution is -2.58. The van der Waals surface area contributed by atoms with Crippen LogP contribution >= 0.6 is 0 Å². The largest absolute Gasteiger partial charge is 0.462 e. The summed E-state index contributed by atoms with van der Waals surface area (Å²) in [6.45, 7) is 4.80. The molecule has 2 aliphatic carbocycles. The fourth-order valence-electron chi connectivity index (χ4n) is 4.15. The maximum atomic E-state index is 12.9. The number of alkyl halides is 6. The van der Waals surface area contributed by atoms with Crippen molar-refractivity contribution in [2.24, 2.45) is 23.7 Å². The highest BCUT2D eigenvalue weighted by atomic mass is 19.4. The molecule has 0 spiro atoms. The lowest BCUT2D eigenvalue weighted by Gasteiger charge is -2.38. The van der Waals surface area contributed by atoms with Crippen molar-refractivity contribution in [2.45, 2.75) is 50.6 Å². The van der Waals surface area contributed by atoms with Gasteiger partial charge in [0.2, 0.25) is 0 Å². The van der Waals surface area contributed by atoms with Gasteiger partial charge >= 0.3 is 18.3 Å². The number of aliphatic hydroxyl groups is 1. The Hall–Kier alpha value is -1.25. The molecule has 0 aromatic rings. The quantitative estimate of drug-likeness (QED) is 0.449.